The van der Waals surface area contributed by atoms with Crippen LogP contribution in [0.25, 0.3) is 0 Å². The fourth-order valence-corrected chi connectivity index (χ4v) is 11.0. The zero-order valence-electron chi connectivity index (χ0n) is 24.6. The molecule has 2 unspecified atom stereocenters. The topological polar surface area (TPSA) is 54.0 Å². The highest BCUT2D eigenvalue weighted by atomic mass is 16.5. The maximum absolute atomic E-state index is 10.3. The number of ether oxygens (including phenoxy) is 2. The first-order chi connectivity index (χ1) is 18.7. The van der Waals surface area contributed by atoms with Gasteiger partial charge >= 0.3 is 0 Å². The van der Waals surface area contributed by atoms with Gasteiger partial charge in [0.05, 0.1) is 18.6 Å². The number of rotatable bonds is 9. The maximum atomic E-state index is 10.3. The number of hydrogen-bond donors (Lipinski definition) is 2. The van der Waals surface area contributed by atoms with Gasteiger partial charge in [-0.05, 0) is 106 Å². The minimum absolute atomic E-state index is 0.00542. The molecule has 2 heterocycles. The summed E-state index contributed by atoms with van der Waals surface area (Å²) in [6.45, 7) is 9.56. The van der Waals surface area contributed by atoms with Crippen LogP contribution in [0.3, 0.4) is 0 Å². The molecule has 7 atom stereocenters. The van der Waals surface area contributed by atoms with Crippen molar-refractivity contribution in [3.05, 3.63) is 35.4 Å². The lowest BCUT2D eigenvalue weighted by atomic mass is 9.43. The van der Waals surface area contributed by atoms with Crippen molar-refractivity contribution >= 4 is 0 Å². The predicted octanol–water partition coefficient (Wildman–Crippen LogP) is 6.12. The van der Waals surface area contributed by atoms with Crippen LogP contribution >= 0.6 is 0 Å². The molecule has 7 aliphatic rings. The summed E-state index contributed by atoms with van der Waals surface area (Å²) in [4.78, 5) is 2.65. The number of nitrogens with zero attached hydrogens (tertiary/aromatic N) is 1. The second kappa shape index (κ2) is 9.49. The van der Waals surface area contributed by atoms with Crippen LogP contribution in [0.2, 0.25) is 0 Å². The molecular formula is C34H50N2O3. The summed E-state index contributed by atoms with van der Waals surface area (Å²) < 4.78 is 12.2. The van der Waals surface area contributed by atoms with E-state index in [4.69, 9.17) is 9.47 Å². The van der Waals surface area contributed by atoms with Crippen LogP contribution in [-0.4, -0.2) is 54.5 Å². The summed E-state index contributed by atoms with van der Waals surface area (Å²) in [5, 5.41) is 14.5. The highest BCUT2D eigenvalue weighted by Crippen LogP contribution is 2.66. The molecule has 8 rings (SSSR count). The van der Waals surface area contributed by atoms with E-state index in [2.05, 4.69) is 42.3 Å². The first-order valence-corrected chi connectivity index (χ1v) is 15.9. The van der Waals surface area contributed by atoms with Crippen molar-refractivity contribution in [3.8, 4) is 11.5 Å². The minimum Gasteiger partial charge on any atom is -0.493 e. The van der Waals surface area contributed by atoms with Gasteiger partial charge in [-0.2, -0.15) is 0 Å². The molecule has 1 aromatic carbocycles. The summed E-state index contributed by atoms with van der Waals surface area (Å²) >= 11 is 0. The van der Waals surface area contributed by atoms with E-state index in [0.717, 1.165) is 43.5 Å². The minimum atomic E-state index is -0.424. The van der Waals surface area contributed by atoms with Crippen LogP contribution in [0.4, 0.5) is 0 Å². The molecule has 1 aromatic rings. The highest BCUT2D eigenvalue weighted by Gasteiger charge is 2.59. The van der Waals surface area contributed by atoms with Gasteiger partial charge in [0.25, 0.3) is 0 Å². The maximum Gasteiger partial charge on any atom is 0.166 e. The van der Waals surface area contributed by atoms with Crippen molar-refractivity contribution in [3.63, 3.8) is 0 Å². The Labute approximate surface area is 235 Å². The third kappa shape index (κ3) is 4.55. The van der Waals surface area contributed by atoms with Crippen molar-refractivity contribution in [1.29, 1.82) is 0 Å². The van der Waals surface area contributed by atoms with Crippen molar-refractivity contribution in [2.75, 3.05) is 26.7 Å². The largest absolute Gasteiger partial charge is 0.493 e. The molecule has 4 fully saturated rings. The fourth-order valence-electron chi connectivity index (χ4n) is 11.0. The van der Waals surface area contributed by atoms with Gasteiger partial charge in [0, 0.05) is 24.1 Å². The van der Waals surface area contributed by atoms with Gasteiger partial charge in [0.1, 0.15) is 6.10 Å². The third-order valence-corrected chi connectivity index (χ3v) is 11.6. The average molecular weight is 535 g/mol. The molecule has 0 amide bonds. The van der Waals surface area contributed by atoms with E-state index in [9.17, 15) is 5.11 Å². The Morgan fingerprint density at radius 3 is 2.62 bits per heavy atom. The van der Waals surface area contributed by atoms with E-state index >= 15 is 0 Å². The number of aliphatic hydroxyl groups is 1. The Morgan fingerprint density at radius 2 is 1.85 bits per heavy atom. The normalized spacial score (nSPS) is 41.7. The zero-order chi connectivity index (χ0) is 26.9. The predicted molar refractivity (Wildman–Crippen MR) is 155 cm³/mol. The number of hydrogen-bond acceptors (Lipinski definition) is 5. The van der Waals surface area contributed by atoms with E-state index in [1.807, 2.05) is 6.08 Å². The first kappa shape index (κ1) is 26.3. The van der Waals surface area contributed by atoms with Gasteiger partial charge in [-0.1, -0.05) is 44.9 Å². The van der Waals surface area contributed by atoms with Gasteiger partial charge in [-0.15, -0.1) is 0 Å². The Morgan fingerprint density at radius 1 is 1.05 bits per heavy atom. The second-order valence-electron chi connectivity index (χ2n) is 15.2. The fraction of sp³-hybridized carbons (Fsp3) is 0.765. The summed E-state index contributed by atoms with van der Waals surface area (Å²) in [6, 6.07) is 4.32. The molecule has 4 bridgehead atoms. The van der Waals surface area contributed by atoms with Gasteiger partial charge in [0.2, 0.25) is 0 Å². The summed E-state index contributed by atoms with van der Waals surface area (Å²) in [5.41, 5.74) is 4.18. The number of aliphatic hydroxyl groups excluding tert-OH is 1. The lowest BCUT2D eigenvalue weighted by Gasteiger charge is -2.65. The number of methoxy groups -OCH3 is 1. The monoisotopic (exact) mass is 534 g/mol. The molecule has 5 aliphatic carbocycles. The number of nitrogens with one attached hydrogen (secondary N) is 1. The number of unbranched alkanes of at least 4 members (excludes halogenated alkanes) is 3. The third-order valence-electron chi connectivity index (χ3n) is 11.6. The molecule has 0 aromatic heterocycles. The SMILES string of the molecule is COc1ccc2c3c1O[C@H]1C[C@@H](O)C=C[C@@]31CCN(CCCCCCNC13CC4C[C@@](C)(C1)C[C@](C)(C4)C3)C2. The molecule has 0 radical (unpaired) electrons. The van der Waals surface area contributed by atoms with Crippen molar-refractivity contribution in [2.24, 2.45) is 16.7 Å². The quantitative estimate of drug-likeness (QED) is 0.295. The van der Waals surface area contributed by atoms with Crippen LogP contribution in [0.5, 0.6) is 11.5 Å². The summed E-state index contributed by atoms with van der Waals surface area (Å²) in [7, 11) is 1.73. The molecule has 1 spiro atoms. The standard InChI is InChI=1S/C34H50N2O3/c1-31-17-24-18-32(2,21-31)23-33(19-24,22-31)35-13-6-4-5-7-14-36-15-12-34-11-10-26(37)16-28(34)39-30-27(38-3)9-8-25(20-36)29(30)34/h8-11,24,26,28,35,37H,4-7,12-23H2,1-3H3/t24?,26-,28-,31-,32+,33?,34-/m0/s1. The van der Waals surface area contributed by atoms with E-state index in [0.29, 0.717) is 22.8 Å². The molecular weight excluding hydrogens is 484 g/mol. The highest BCUT2D eigenvalue weighted by molar-refractivity contribution is 5.61. The van der Waals surface area contributed by atoms with Crippen molar-refractivity contribution in [2.45, 2.75) is 121 Å². The Kier molecular flexibility index (Phi) is 6.41. The number of benzene rings is 1. The molecule has 39 heavy (non-hydrogen) atoms. The average Bonchev–Trinajstić information content (AvgIpc) is 3.10. The molecule has 0 saturated heterocycles. The van der Waals surface area contributed by atoms with Crippen LogP contribution in [0.15, 0.2) is 24.3 Å². The molecule has 5 nitrogen and oxygen atoms in total. The smallest absolute Gasteiger partial charge is 0.166 e. The lowest BCUT2D eigenvalue weighted by molar-refractivity contribution is -0.117. The van der Waals surface area contributed by atoms with Gasteiger partial charge in [-0.3, -0.25) is 4.90 Å². The van der Waals surface area contributed by atoms with Gasteiger partial charge in [0.15, 0.2) is 11.5 Å². The van der Waals surface area contributed by atoms with Crippen molar-refractivity contribution < 1.29 is 14.6 Å². The molecule has 4 saturated carbocycles. The Bertz CT molecular complexity index is 1110. The van der Waals surface area contributed by atoms with Crippen LogP contribution in [0.1, 0.15) is 102 Å². The van der Waals surface area contributed by atoms with E-state index in [-0.39, 0.29) is 11.5 Å². The van der Waals surface area contributed by atoms with E-state index in [1.165, 1.54) is 81.9 Å². The van der Waals surface area contributed by atoms with Crippen molar-refractivity contribution in [1.82, 2.24) is 10.2 Å². The summed E-state index contributed by atoms with van der Waals surface area (Å²) in [6.07, 6.45) is 19.4. The second-order valence-corrected chi connectivity index (χ2v) is 15.2. The van der Waals surface area contributed by atoms with Crippen LogP contribution < -0.4 is 14.8 Å². The first-order valence-electron chi connectivity index (χ1n) is 15.9. The van der Waals surface area contributed by atoms with Gasteiger partial charge < -0.3 is 19.9 Å². The van der Waals surface area contributed by atoms with E-state index in [1.54, 1.807) is 7.11 Å². The Balaban J connectivity index is 0.917. The van der Waals surface area contributed by atoms with Gasteiger partial charge in [-0.25, -0.2) is 0 Å². The molecule has 2 aliphatic heterocycles. The molecule has 2 N–H and O–H groups in total. The Hall–Kier alpha value is -1.56. The van der Waals surface area contributed by atoms with E-state index < -0.39 is 6.10 Å². The molecule has 214 valence electrons. The molecule has 5 heteroatoms. The summed E-state index contributed by atoms with van der Waals surface area (Å²) in [5.74, 6) is 2.70. The zero-order valence-corrected chi connectivity index (χ0v) is 24.6. The lowest BCUT2D eigenvalue weighted by Crippen LogP contribution is -2.64. The van der Waals surface area contributed by atoms with Crippen LogP contribution in [0, 0.1) is 16.7 Å². The van der Waals surface area contributed by atoms with Crippen LogP contribution in [-0.2, 0) is 12.0 Å².